The molecule has 6 rings (SSSR count). The highest BCUT2D eigenvalue weighted by Gasteiger charge is 2.24. The minimum atomic E-state index is -0.608. The Morgan fingerprint density at radius 1 is 0.804 bits per heavy atom. The largest absolute Gasteiger partial charge is 0.496 e. The van der Waals surface area contributed by atoms with E-state index in [1.54, 1.807) is 61.7 Å². The second-order valence-corrected chi connectivity index (χ2v) is 13.1. The summed E-state index contributed by atoms with van der Waals surface area (Å²) in [6.45, 7) is 0. The molecule has 1 aromatic heterocycles. The SMILES string of the molecule is COc1ccccc1-c1csc(NC(=O)C(Sc2ccc(NC(=O)/C(=C/c3ccc(F)cc3)NC(=O)c3ccccc3)cc2)c2ccccc2)n1. The molecule has 51 heavy (non-hydrogen) atoms. The number of anilines is 2. The number of nitrogens with zero attached hydrogens (tertiary/aromatic N) is 1. The third-order valence-electron chi connectivity index (χ3n) is 7.53. The summed E-state index contributed by atoms with van der Waals surface area (Å²) in [6, 6.07) is 38.1. The van der Waals surface area contributed by atoms with Crippen molar-refractivity contribution in [1.29, 1.82) is 0 Å². The lowest BCUT2D eigenvalue weighted by Gasteiger charge is -2.17. The van der Waals surface area contributed by atoms with Crippen molar-refractivity contribution in [2.45, 2.75) is 10.1 Å². The van der Waals surface area contributed by atoms with Crippen LogP contribution in [-0.2, 0) is 9.59 Å². The van der Waals surface area contributed by atoms with Crippen molar-refractivity contribution in [2.75, 3.05) is 17.7 Å². The molecule has 0 radical (unpaired) electrons. The van der Waals surface area contributed by atoms with Crippen molar-refractivity contribution in [3.05, 3.63) is 167 Å². The normalized spacial score (nSPS) is 11.7. The summed E-state index contributed by atoms with van der Waals surface area (Å²) >= 11 is 2.68. The lowest BCUT2D eigenvalue weighted by Crippen LogP contribution is -2.30. The van der Waals surface area contributed by atoms with Gasteiger partial charge in [-0.1, -0.05) is 72.8 Å². The molecule has 1 heterocycles. The molecule has 0 saturated heterocycles. The smallest absolute Gasteiger partial charge is 0.272 e. The van der Waals surface area contributed by atoms with Crippen LogP contribution in [0.5, 0.6) is 5.75 Å². The molecule has 8 nitrogen and oxygen atoms in total. The van der Waals surface area contributed by atoms with E-state index in [4.69, 9.17) is 4.74 Å². The predicted molar refractivity (Wildman–Crippen MR) is 201 cm³/mol. The van der Waals surface area contributed by atoms with Crippen molar-refractivity contribution in [3.63, 3.8) is 0 Å². The van der Waals surface area contributed by atoms with Gasteiger partial charge in [-0.2, -0.15) is 0 Å². The molecule has 0 spiro atoms. The number of methoxy groups -OCH3 is 1. The van der Waals surface area contributed by atoms with Gasteiger partial charge in [0.05, 0.1) is 12.8 Å². The van der Waals surface area contributed by atoms with Gasteiger partial charge in [-0.15, -0.1) is 23.1 Å². The minimum absolute atomic E-state index is 0.0224. The number of hydrogen-bond donors (Lipinski definition) is 3. The Hall–Kier alpha value is -6.04. The number of benzene rings is 5. The third-order valence-corrected chi connectivity index (χ3v) is 9.56. The number of halogens is 1. The first-order valence-electron chi connectivity index (χ1n) is 15.7. The molecule has 0 aliphatic rings. The first-order chi connectivity index (χ1) is 24.9. The van der Waals surface area contributed by atoms with Gasteiger partial charge in [0, 0.05) is 27.1 Å². The van der Waals surface area contributed by atoms with Crippen LogP contribution in [0, 0.1) is 5.82 Å². The van der Waals surface area contributed by atoms with E-state index < -0.39 is 22.9 Å². The summed E-state index contributed by atoms with van der Waals surface area (Å²) in [4.78, 5) is 45.5. The van der Waals surface area contributed by atoms with Gasteiger partial charge in [0.1, 0.15) is 22.5 Å². The molecule has 3 amide bonds. The zero-order chi connectivity index (χ0) is 35.6. The zero-order valence-corrected chi connectivity index (χ0v) is 28.8. The minimum Gasteiger partial charge on any atom is -0.496 e. The fourth-order valence-electron chi connectivity index (χ4n) is 5.00. The van der Waals surface area contributed by atoms with Gasteiger partial charge in [-0.05, 0) is 77.9 Å². The number of thiazole rings is 1. The van der Waals surface area contributed by atoms with E-state index in [0.717, 1.165) is 16.0 Å². The second-order valence-electron chi connectivity index (χ2n) is 11.0. The van der Waals surface area contributed by atoms with Gasteiger partial charge in [0.2, 0.25) is 5.91 Å². The summed E-state index contributed by atoms with van der Waals surface area (Å²) in [6.07, 6.45) is 1.48. The van der Waals surface area contributed by atoms with Gasteiger partial charge in [0.25, 0.3) is 11.8 Å². The Labute approximate surface area is 302 Å². The maximum Gasteiger partial charge on any atom is 0.272 e. The van der Waals surface area contributed by atoms with Crippen LogP contribution in [0.15, 0.2) is 149 Å². The Kier molecular flexibility index (Phi) is 11.3. The highest BCUT2D eigenvalue weighted by atomic mass is 32.2. The molecule has 0 aliphatic carbocycles. The van der Waals surface area contributed by atoms with Crippen LogP contribution in [0.25, 0.3) is 17.3 Å². The Bertz CT molecular complexity index is 2160. The topological polar surface area (TPSA) is 109 Å². The van der Waals surface area contributed by atoms with Crippen LogP contribution in [0.2, 0.25) is 0 Å². The number of nitrogens with one attached hydrogen (secondary N) is 3. The molecule has 1 atom stereocenters. The molecule has 6 aromatic rings. The molecular formula is C40H31FN4O4S2. The first-order valence-corrected chi connectivity index (χ1v) is 17.5. The summed E-state index contributed by atoms with van der Waals surface area (Å²) in [5, 5.41) is 10.2. The van der Waals surface area contributed by atoms with Crippen LogP contribution in [0.3, 0.4) is 0 Å². The molecule has 11 heteroatoms. The number of ether oxygens (including phenoxy) is 1. The molecule has 0 fully saturated rings. The lowest BCUT2D eigenvalue weighted by atomic mass is 10.1. The van der Waals surface area contributed by atoms with Gasteiger partial charge < -0.3 is 20.7 Å². The maximum absolute atomic E-state index is 13.7. The Balaban J connectivity index is 1.17. The molecule has 0 aliphatic heterocycles. The standard InChI is InChI=1S/C40H31FN4O4S2/c1-49-35-15-9-8-14-32(35)34-25-50-40(44-34)45-39(48)36(27-10-4-2-5-11-27)51-31-22-20-30(21-23-31)42-38(47)33(24-26-16-18-29(41)19-17-26)43-37(46)28-12-6-3-7-13-28/h2-25,36H,1H3,(H,42,47)(H,43,46)(H,44,45,48)/b33-24-. The van der Waals surface area contributed by atoms with Crippen LogP contribution >= 0.6 is 23.1 Å². The van der Waals surface area contributed by atoms with E-state index >= 15 is 0 Å². The fraction of sp³-hybridized carbons (Fsp3) is 0.0500. The number of carbonyl (C=O) groups is 3. The maximum atomic E-state index is 13.7. The van der Waals surface area contributed by atoms with Crippen LogP contribution in [-0.4, -0.2) is 29.8 Å². The first kappa shape index (κ1) is 34.8. The van der Waals surface area contributed by atoms with Crippen molar-refractivity contribution in [1.82, 2.24) is 10.3 Å². The number of carbonyl (C=O) groups excluding carboxylic acids is 3. The monoisotopic (exact) mass is 714 g/mol. The van der Waals surface area contributed by atoms with E-state index in [2.05, 4.69) is 20.9 Å². The van der Waals surface area contributed by atoms with Crippen molar-refractivity contribution < 1.29 is 23.5 Å². The van der Waals surface area contributed by atoms with Crippen molar-refractivity contribution in [2.24, 2.45) is 0 Å². The molecular weight excluding hydrogens is 684 g/mol. The number of hydrogen-bond acceptors (Lipinski definition) is 7. The van der Waals surface area contributed by atoms with Crippen LogP contribution in [0.4, 0.5) is 15.2 Å². The van der Waals surface area contributed by atoms with E-state index in [1.165, 1.54) is 53.4 Å². The number of rotatable bonds is 12. The van der Waals surface area contributed by atoms with Crippen molar-refractivity contribution in [3.8, 4) is 17.0 Å². The predicted octanol–water partition coefficient (Wildman–Crippen LogP) is 8.84. The van der Waals surface area contributed by atoms with E-state index in [-0.39, 0.29) is 11.6 Å². The average Bonchev–Trinajstić information content (AvgIpc) is 3.63. The van der Waals surface area contributed by atoms with E-state index in [0.29, 0.717) is 33.4 Å². The molecule has 3 N–H and O–H groups in total. The van der Waals surface area contributed by atoms with Crippen LogP contribution < -0.4 is 20.7 Å². The number of amides is 3. The van der Waals surface area contributed by atoms with Gasteiger partial charge >= 0.3 is 0 Å². The highest BCUT2D eigenvalue weighted by Crippen LogP contribution is 2.38. The summed E-state index contributed by atoms with van der Waals surface area (Å²) < 4.78 is 19.0. The van der Waals surface area contributed by atoms with Crippen molar-refractivity contribution >= 4 is 57.7 Å². The molecule has 0 bridgehead atoms. The van der Waals surface area contributed by atoms with Gasteiger partial charge in [-0.25, -0.2) is 9.37 Å². The number of aromatic nitrogens is 1. The highest BCUT2D eigenvalue weighted by molar-refractivity contribution is 8.00. The molecule has 254 valence electrons. The quantitative estimate of drug-likeness (QED) is 0.0864. The number of thioether (sulfide) groups is 1. The Morgan fingerprint density at radius 3 is 2.18 bits per heavy atom. The molecule has 5 aromatic carbocycles. The summed E-state index contributed by atoms with van der Waals surface area (Å²) in [5.41, 5.74) is 3.69. The summed E-state index contributed by atoms with van der Waals surface area (Å²) in [7, 11) is 1.60. The van der Waals surface area contributed by atoms with Gasteiger partial charge in [0.15, 0.2) is 5.13 Å². The van der Waals surface area contributed by atoms with E-state index in [1.807, 2.05) is 60.0 Å². The second kappa shape index (κ2) is 16.6. The van der Waals surface area contributed by atoms with E-state index in [9.17, 15) is 18.8 Å². The van der Waals surface area contributed by atoms with Gasteiger partial charge in [-0.3, -0.25) is 14.4 Å². The molecule has 1 unspecified atom stereocenters. The zero-order valence-electron chi connectivity index (χ0n) is 27.2. The van der Waals surface area contributed by atoms with Crippen LogP contribution in [0.1, 0.15) is 26.7 Å². The molecule has 0 saturated carbocycles. The number of para-hydroxylation sites is 1. The average molecular weight is 715 g/mol. The lowest BCUT2D eigenvalue weighted by molar-refractivity contribution is -0.116. The summed E-state index contributed by atoms with van der Waals surface area (Å²) in [5.74, 6) is -1.01. The Morgan fingerprint density at radius 2 is 1.47 bits per heavy atom. The fourth-order valence-corrected chi connectivity index (χ4v) is 6.74. The third kappa shape index (κ3) is 9.15.